The van der Waals surface area contributed by atoms with Gasteiger partial charge in [0.25, 0.3) is 0 Å². The predicted octanol–water partition coefficient (Wildman–Crippen LogP) is 3.76. The lowest BCUT2D eigenvalue weighted by molar-refractivity contribution is 0.0475. The lowest BCUT2D eigenvalue weighted by Gasteiger charge is -2.05. The summed E-state index contributed by atoms with van der Waals surface area (Å²) in [5.41, 5.74) is 1.98. The maximum Gasteiger partial charge on any atom is 0.352 e. The van der Waals surface area contributed by atoms with Crippen LogP contribution in [-0.2, 0) is 11.3 Å². The lowest BCUT2D eigenvalue weighted by Crippen LogP contribution is -2.04. The largest absolute Gasteiger partial charge is 0.495 e. The van der Waals surface area contributed by atoms with E-state index >= 15 is 0 Å². The molecule has 0 fully saturated rings. The van der Waals surface area contributed by atoms with Crippen LogP contribution >= 0.6 is 11.3 Å². The molecule has 0 bridgehead atoms. The van der Waals surface area contributed by atoms with Gasteiger partial charge in [0.1, 0.15) is 12.4 Å². The molecule has 0 unspecified atom stereocenters. The molecule has 0 aliphatic heterocycles. The summed E-state index contributed by atoms with van der Waals surface area (Å²) in [5.74, 6) is 0.191. The molecule has 4 heteroatoms. The standard InChI is InChI=1S/C15H14O3S/c1-3-11-4-6-12(7-5-11)10-18-15(16)14-13(17-2)8-9-19-14/h3-9H,1,10H2,2H3. The van der Waals surface area contributed by atoms with Crippen LogP contribution in [0.4, 0.5) is 0 Å². The Morgan fingerprint density at radius 3 is 2.68 bits per heavy atom. The van der Waals surface area contributed by atoms with Crippen LogP contribution < -0.4 is 4.74 Å². The van der Waals surface area contributed by atoms with Gasteiger partial charge in [-0.25, -0.2) is 4.79 Å². The summed E-state index contributed by atoms with van der Waals surface area (Å²) in [6.45, 7) is 3.94. The molecule has 3 nitrogen and oxygen atoms in total. The monoisotopic (exact) mass is 274 g/mol. The molecule has 0 aliphatic carbocycles. The molecule has 0 spiro atoms. The second-order valence-electron chi connectivity index (χ2n) is 3.84. The van der Waals surface area contributed by atoms with Crippen LogP contribution in [0.1, 0.15) is 20.8 Å². The molecule has 2 rings (SSSR count). The fraction of sp³-hybridized carbons (Fsp3) is 0.133. The Kier molecular flexibility index (Phi) is 4.36. The van der Waals surface area contributed by atoms with Crippen molar-refractivity contribution in [3.8, 4) is 5.75 Å². The van der Waals surface area contributed by atoms with E-state index < -0.39 is 0 Å². The molecule has 2 aromatic rings. The maximum absolute atomic E-state index is 11.9. The van der Waals surface area contributed by atoms with Gasteiger partial charge in [0.05, 0.1) is 7.11 Å². The van der Waals surface area contributed by atoms with Gasteiger partial charge in [-0.05, 0) is 22.6 Å². The number of hydrogen-bond acceptors (Lipinski definition) is 4. The molecule has 0 N–H and O–H groups in total. The van der Waals surface area contributed by atoms with Crippen molar-refractivity contribution < 1.29 is 14.3 Å². The van der Waals surface area contributed by atoms with Gasteiger partial charge in [-0.1, -0.05) is 36.9 Å². The third-order valence-electron chi connectivity index (χ3n) is 2.62. The van der Waals surface area contributed by atoms with E-state index in [4.69, 9.17) is 9.47 Å². The Labute approximate surface area is 116 Å². The highest BCUT2D eigenvalue weighted by Crippen LogP contribution is 2.25. The molecule has 0 radical (unpaired) electrons. The first kappa shape index (κ1) is 13.4. The highest BCUT2D eigenvalue weighted by molar-refractivity contribution is 7.12. The number of thiophene rings is 1. The van der Waals surface area contributed by atoms with Crippen molar-refractivity contribution in [3.05, 3.63) is 58.3 Å². The van der Waals surface area contributed by atoms with Gasteiger partial charge in [-0.3, -0.25) is 0 Å². The molecule has 0 amide bonds. The van der Waals surface area contributed by atoms with E-state index in [1.807, 2.05) is 24.3 Å². The topological polar surface area (TPSA) is 35.5 Å². The van der Waals surface area contributed by atoms with Crippen molar-refractivity contribution in [2.24, 2.45) is 0 Å². The van der Waals surface area contributed by atoms with E-state index in [0.29, 0.717) is 10.6 Å². The summed E-state index contributed by atoms with van der Waals surface area (Å²) in [6, 6.07) is 9.44. The van der Waals surface area contributed by atoms with Gasteiger partial charge < -0.3 is 9.47 Å². The Morgan fingerprint density at radius 2 is 2.05 bits per heavy atom. The second-order valence-corrected chi connectivity index (χ2v) is 4.76. The van der Waals surface area contributed by atoms with Crippen molar-refractivity contribution in [2.75, 3.05) is 7.11 Å². The number of carbonyl (C=O) groups is 1. The Hall–Kier alpha value is -2.07. The molecule has 0 saturated carbocycles. The quantitative estimate of drug-likeness (QED) is 0.779. The highest BCUT2D eigenvalue weighted by atomic mass is 32.1. The fourth-order valence-corrected chi connectivity index (χ4v) is 2.32. The SMILES string of the molecule is C=Cc1ccc(COC(=O)c2sccc2OC)cc1. The van der Waals surface area contributed by atoms with E-state index in [9.17, 15) is 4.79 Å². The zero-order valence-corrected chi connectivity index (χ0v) is 11.4. The molecule has 0 atom stereocenters. The zero-order valence-electron chi connectivity index (χ0n) is 10.6. The molecule has 0 saturated heterocycles. The number of esters is 1. The number of rotatable bonds is 5. The van der Waals surface area contributed by atoms with E-state index in [2.05, 4.69) is 6.58 Å². The fourth-order valence-electron chi connectivity index (χ4n) is 1.57. The van der Waals surface area contributed by atoms with Gasteiger partial charge >= 0.3 is 5.97 Å². The third kappa shape index (κ3) is 3.23. The molecular formula is C15H14O3S. The first-order chi connectivity index (χ1) is 9.24. The van der Waals surface area contributed by atoms with Crippen LogP contribution in [0.15, 0.2) is 42.3 Å². The minimum atomic E-state index is -0.361. The van der Waals surface area contributed by atoms with Crippen LogP contribution in [0.5, 0.6) is 5.75 Å². The summed E-state index contributed by atoms with van der Waals surface area (Å²) < 4.78 is 10.3. The number of hydrogen-bond donors (Lipinski definition) is 0. The van der Waals surface area contributed by atoms with E-state index in [-0.39, 0.29) is 12.6 Å². The van der Waals surface area contributed by atoms with Crippen molar-refractivity contribution >= 4 is 23.4 Å². The summed E-state index contributed by atoms with van der Waals surface area (Å²) in [4.78, 5) is 12.4. The Balaban J connectivity index is 1.98. The van der Waals surface area contributed by atoms with Crippen molar-refractivity contribution in [1.82, 2.24) is 0 Å². The molecule has 98 valence electrons. The molecule has 1 aromatic carbocycles. The minimum absolute atomic E-state index is 0.247. The van der Waals surface area contributed by atoms with Gasteiger partial charge in [0.2, 0.25) is 0 Å². The molecule has 0 aliphatic rings. The smallest absolute Gasteiger partial charge is 0.352 e. The van der Waals surface area contributed by atoms with E-state index in [1.54, 1.807) is 17.5 Å². The van der Waals surface area contributed by atoms with Crippen molar-refractivity contribution in [2.45, 2.75) is 6.61 Å². The summed E-state index contributed by atoms with van der Waals surface area (Å²) >= 11 is 1.31. The third-order valence-corrected chi connectivity index (χ3v) is 3.50. The van der Waals surface area contributed by atoms with Crippen LogP contribution in [0.3, 0.4) is 0 Å². The highest BCUT2D eigenvalue weighted by Gasteiger charge is 2.15. The van der Waals surface area contributed by atoms with Gasteiger partial charge in [0.15, 0.2) is 4.88 Å². The zero-order chi connectivity index (χ0) is 13.7. The molecular weight excluding hydrogens is 260 g/mol. The average molecular weight is 274 g/mol. The maximum atomic E-state index is 11.9. The minimum Gasteiger partial charge on any atom is -0.495 e. The number of ether oxygens (including phenoxy) is 2. The number of methoxy groups -OCH3 is 1. The molecule has 1 aromatic heterocycles. The van der Waals surface area contributed by atoms with Gasteiger partial charge in [-0.2, -0.15) is 0 Å². The van der Waals surface area contributed by atoms with Crippen LogP contribution in [0.25, 0.3) is 6.08 Å². The lowest BCUT2D eigenvalue weighted by atomic mass is 10.1. The molecule has 1 heterocycles. The van der Waals surface area contributed by atoms with Crippen molar-refractivity contribution in [3.63, 3.8) is 0 Å². The van der Waals surface area contributed by atoms with E-state index in [1.165, 1.54) is 18.4 Å². The summed E-state index contributed by atoms with van der Waals surface area (Å²) in [5, 5.41) is 1.80. The van der Waals surface area contributed by atoms with Crippen LogP contribution in [-0.4, -0.2) is 13.1 Å². The average Bonchev–Trinajstić information content (AvgIpc) is 2.93. The Bertz CT molecular complexity index is 569. The first-order valence-electron chi connectivity index (χ1n) is 5.74. The van der Waals surface area contributed by atoms with Gasteiger partial charge in [0, 0.05) is 0 Å². The summed E-state index contributed by atoms with van der Waals surface area (Å²) in [6.07, 6.45) is 1.77. The Morgan fingerprint density at radius 1 is 1.32 bits per heavy atom. The summed E-state index contributed by atoms with van der Waals surface area (Å²) in [7, 11) is 1.53. The van der Waals surface area contributed by atoms with Gasteiger partial charge in [-0.15, -0.1) is 11.3 Å². The van der Waals surface area contributed by atoms with Crippen molar-refractivity contribution in [1.29, 1.82) is 0 Å². The number of carbonyl (C=O) groups excluding carboxylic acids is 1. The molecule has 19 heavy (non-hydrogen) atoms. The van der Waals surface area contributed by atoms with Crippen LogP contribution in [0.2, 0.25) is 0 Å². The van der Waals surface area contributed by atoms with Crippen LogP contribution in [0, 0.1) is 0 Å². The number of benzene rings is 1. The van der Waals surface area contributed by atoms with E-state index in [0.717, 1.165) is 11.1 Å². The first-order valence-corrected chi connectivity index (χ1v) is 6.62. The second kappa shape index (κ2) is 6.20. The normalized spacial score (nSPS) is 9.95. The predicted molar refractivity (Wildman–Crippen MR) is 76.5 cm³/mol.